The van der Waals surface area contributed by atoms with Crippen molar-refractivity contribution in [1.29, 1.82) is 0 Å². The van der Waals surface area contributed by atoms with Crippen LogP contribution in [0.25, 0.3) is 11.1 Å². The highest BCUT2D eigenvalue weighted by atomic mass is 32.1. The number of carbonyl (C=O) groups excluding carboxylic acids is 2. The van der Waals surface area contributed by atoms with Gasteiger partial charge in [0.2, 0.25) is 0 Å². The van der Waals surface area contributed by atoms with Crippen LogP contribution in [0.4, 0.5) is 5.69 Å². The van der Waals surface area contributed by atoms with Crippen molar-refractivity contribution < 1.29 is 14.7 Å². The predicted molar refractivity (Wildman–Crippen MR) is 126 cm³/mol. The third-order valence-corrected chi connectivity index (χ3v) is 6.38. The number of aromatic nitrogens is 1. The molecular formula is C24H26N4O3S. The molecule has 1 saturated heterocycles. The van der Waals surface area contributed by atoms with E-state index in [-0.39, 0.29) is 17.6 Å². The fourth-order valence-corrected chi connectivity index (χ4v) is 4.56. The van der Waals surface area contributed by atoms with Gasteiger partial charge in [0.25, 0.3) is 11.8 Å². The summed E-state index contributed by atoms with van der Waals surface area (Å²) < 4.78 is 0. The number of pyridine rings is 1. The number of rotatable bonds is 6. The van der Waals surface area contributed by atoms with E-state index in [1.807, 2.05) is 47.5 Å². The molecule has 2 N–H and O–H groups in total. The fraction of sp³-hybridized carbons (Fsp3) is 0.292. The van der Waals surface area contributed by atoms with Crippen LogP contribution in [0.2, 0.25) is 0 Å². The third kappa shape index (κ3) is 4.91. The van der Waals surface area contributed by atoms with Gasteiger partial charge in [-0.2, -0.15) is 0 Å². The lowest BCUT2D eigenvalue weighted by molar-refractivity contribution is 0.0751. The summed E-state index contributed by atoms with van der Waals surface area (Å²) >= 11 is 1.41. The van der Waals surface area contributed by atoms with E-state index < -0.39 is 0 Å². The first-order valence-corrected chi connectivity index (χ1v) is 11.6. The second-order valence-corrected chi connectivity index (χ2v) is 8.62. The third-order valence-electron chi connectivity index (χ3n) is 5.46. The summed E-state index contributed by atoms with van der Waals surface area (Å²) in [4.78, 5) is 33.8. The lowest BCUT2D eigenvalue weighted by Crippen LogP contribution is -2.48. The molecule has 4 rings (SSSR count). The summed E-state index contributed by atoms with van der Waals surface area (Å²) in [6.45, 7) is 5.45. The zero-order valence-electron chi connectivity index (χ0n) is 18.0. The monoisotopic (exact) mass is 450 g/mol. The van der Waals surface area contributed by atoms with Gasteiger partial charge in [-0.1, -0.05) is 6.92 Å². The van der Waals surface area contributed by atoms with E-state index in [0.717, 1.165) is 36.3 Å². The molecule has 166 valence electrons. The van der Waals surface area contributed by atoms with Gasteiger partial charge in [0, 0.05) is 55.7 Å². The molecule has 1 fully saturated rings. The second kappa shape index (κ2) is 9.82. The van der Waals surface area contributed by atoms with Crippen LogP contribution in [0.15, 0.2) is 54.2 Å². The zero-order valence-corrected chi connectivity index (χ0v) is 18.8. The Labute approximate surface area is 191 Å². The van der Waals surface area contributed by atoms with Gasteiger partial charge < -0.3 is 20.2 Å². The maximum Gasteiger partial charge on any atom is 0.264 e. The van der Waals surface area contributed by atoms with Crippen molar-refractivity contribution in [2.75, 3.05) is 37.6 Å². The molecule has 0 saturated carbocycles. The Bertz CT molecular complexity index is 1090. The van der Waals surface area contributed by atoms with Gasteiger partial charge in [-0.15, -0.1) is 11.3 Å². The summed E-state index contributed by atoms with van der Waals surface area (Å²) in [5.74, 6) is 0.0786. The number of thiophene rings is 1. The largest absolute Gasteiger partial charge is 0.506 e. The highest BCUT2D eigenvalue weighted by molar-refractivity contribution is 7.12. The van der Waals surface area contributed by atoms with Gasteiger partial charge in [-0.25, -0.2) is 0 Å². The van der Waals surface area contributed by atoms with E-state index in [4.69, 9.17) is 0 Å². The Balaban J connectivity index is 1.34. The number of amides is 2. The van der Waals surface area contributed by atoms with Crippen molar-refractivity contribution >= 4 is 28.8 Å². The van der Waals surface area contributed by atoms with Crippen LogP contribution in [0.3, 0.4) is 0 Å². The van der Waals surface area contributed by atoms with Crippen LogP contribution in [0.1, 0.15) is 33.4 Å². The summed E-state index contributed by atoms with van der Waals surface area (Å²) in [5, 5.41) is 14.4. The first kappa shape index (κ1) is 21.8. The minimum absolute atomic E-state index is 0.0250. The minimum Gasteiger partial charge on any atom is -0.506 e. The first-order valence-electron chi connectivity index (χ1n) is 10.7. The number of anilines is 1. The molecule has 7 nitrogen and oxygen atoms in total. The molecule has 0 unspecified atom stereocenters. The number of nitrogens with one attached hydrogen (secondary N) is 1. The SMILES string of the molecule is CCCNC(=O)c1ccc(N2CCN(C(=O)c3cc(-c4cncc(O)c4)cs3)CC2)cc1. The number of hydrogen-bond donors (Lipinski definition) is 2. The van der Waals surface area contributed by atoms with E-state index >= 15 is 0 Å². The summed E-state index contributed by atoms with van der Waals surface area (Å²) in [5.41, 5.74) is 3.38. The first-order chi connectivity index (χ1) is 15.5. The van der Waals surface area contributed by atoms with Gasteiger partial charge in [-0.05, 0) is 53.8 Å². The molecule has 3 heterocycles. The summed E-state index contributed by atoms with van der Waals surface area (Å²) in [7, 11) is 0. The Morgan fingerprint density at radius 3 is 2.50 bits per heavy atom. The molecular weight excluding hydrogens is 424 g/mol. The lowest BCUT2D eigenvalue weighted by atomic mass is 10.1. The minimum atomic E-state index is -0.0503. The highest BCUT2D eigenvalue weighted by Crippen LogP contribution is 2.28. The van der Waals surface area contributed by atoms with Crippen LogP contribution < -0.4 is 10.2 Å². The second-order valence-electron chi connectivity index (χ2n) is 7.71. The van der Waals surface area contributed by atoms with Gasteiger partial charge in [-0.3, -0.25) is 14.6 Å². The summed E-state index contributed by atoms with van der Waals surface area (Å²) in [6.07, 6.45) is 3.97. The van der Waals surface area contributed by atoms with E-state index in [1.54, 1.807) is 12.3 Å². The molecule has 0 radical (unpaired) electrons. The lowest BCUT2D eigenvalue weighted by Gasteiger charge is -2.36. The standard InChI is InChI=1S/C24H26N4O3S/c1-2-7-26-23(30)17-3-5-20(6-4-17)27-8-10-28(11-9-27)24(31)22-13-19(16-32-22)18-12-21(29)15-25-14-18/h3-6,12-16,29H,2,7-11H2,1H3,(H,26,30). The molecule has 1 aliphatic heterocycles. The number of nitrogens with zero attached hydrogens (tertiary/aromatic N) is 3. The van der Waals surface area contributed by atoms with Crippen LogP contribution in [-0.2, 0) is 0 Å². The molecule has 2 amide bonds. The molecule has 1 aliphatic rings. The number of aromatic hydroxyl groups is 1. The molecule has 0 atom stereocenters. The van der Waals surface area contributed by atoms with Gasteiger partial charge >= 0.3 is 0 Å². The van der Waals surface area contributed by atoms with E-state index in [9.17, 15) is 14.7 Å². The van der Waals surface area contributed by atoms with Crippen LogP contribution in [-0.4, -0.2) is 59.5 Å². The maximum atomic E-state index is 13.0. The summed E-state index contributed by atoms with van der Waals surface area (Å²) in [6, 6.07) is 11.1. The molecule has 1 aromatic carbocycles. The van der Waals surface area contributed by atoms with E-state index in [2.05, 4.69) is 15.2 Å². The Morgan fingerprint density at radius 1 is 1.06 bits per heavy atom. The average molecular weight is 451 g/mol. The van der Waals surface area contributed by atoms with Crippen molar-refractivity contribution in [2.24, 2.45) is 0 Å². The quantitative estimate of drug-likeness (QED) is 0.599. The maximum absolute atomic E-state index is 13.0. The highest BCUT2D eigenvalue weighted by Gasteiger charge is 2.23. The molecule has 2 aromatic heterocycles. The van der Waals surface area contributed by atoms with Gasteiger partial charge in [0.15, 0.2) is 0 Å². The number of carbonyl (C=O) groups is 2. The van der Waals surface area contributed by atoms with Crippen molar-refractivity contribution in [1.82, 2.24) is 15.2 Å². The fourth-order valence-electron chi connectivity index (χ4n) is 3.67. The van der Waals surface area contributed by atoms with Crippen molar-refractivity contribution in [3.8, 4) is 16.9 Å². The van der Waals surface area contributed by atoms with Crippen LogP contribution in [0, 0.1) is 0 Å². The number of hydrogen-bond acceptors (Lipinski definition) is 6. The molecule has 0 spiro atoms. The molecule has 0 aliphatic carbocycles. The Hall–Kier alpha value is -3.39. The van der Waals surface area contributed by atoms with Crippen molar-refractivity contribution in [2.45, 2.75) is 13.3 Å². The van der Waals surface area contributed by atoms with Gasteiger partial charge in [0.1, 0.15) is 5.75 Å². The van der Waals surface area contributed by atoms with Gasteiger partial charge in [0.05, 0.1) is 11.1 Å². The van der Waals surface area contributed by atoms with E-state index in [0.29, 0.717) is 30.1 Å². The Morgan fingerprint density at radius 2 is 1.81 bits per heavy atom. The topological polar surface area (TPSA) is 85.8 Å². The molecule has 32 heavy (non-hydrogen) atoms. The Kier molecular flexibility index (Phi) is 6.70. The predicted octanol–water partition coefficient (Wildman–Crippen LogP) is 3.62. The molecule has 3 aromatic rings. The number of benzene rings is 1. The average Bonchev–Trinajstić information content (AvgIpc) is 3.33. The van der Waals surface area contributed by atoms with Crippen molar-refractivity contribution in [3.63, 3.8) is 0 Å². The van der Waals surface area contributed by atoms with Crippen LogP contribution in [0.5, 0.6) is 5.75 Å². The smallest absolute Gasteiger partial charge is 0.264 e. The molecule has 0 bridgehead atoms. The van der Waals surface area contributed by atoms with Crippen molar-refractivity contribution in [3.05, 3.63) is 64.6 Å². The zero-order chi connectivity index (χ0) is 22.5. The molecule has 8 heteroatoms. The van der Waals surface area contributed by atoms with E-state index in [1.165, 1.54) is 17.5 Å². The normalized spacial score (nSPS) is 13.8. The number of piperazine rings is 1. The van der Waals surface area contributed by atoms with Crippen LogP contribution >= 0.6 is 11.3 Å².